The van der Waals surface area contributed by atoms with Gasteiger partial charge in [0.25, 0.3) is 0 Å². The fourth-order valence-corrected chi connectivity index (χ4v) is 21.2. The lowest BCUT2D eigenvalue weighted by atomic mass is 10.0. The molecule has 0 atom stereocenters. The molecule has 0 bridgehead atoms. The lowest BCUT2D eigenvalue weighted by Gasteiger charge is -2.10. The number of phenols is 1. The van der Waals surface area contributed by atoms with E-state index in [0.717, 1.165) is 118 Å². The second-order valence-corrected chi connectivity index (χ2v) is 48.6. The Kier molecular flexibility index (Phi) is 29.8. The molecule has 14 heterocycles. The first kappa shape index (κ1) is 102. The molecule has 0 saturated heterocycles. The van der Waals surface area contributed by atoms with Crippen molar-refractivity contribution in [2.45, 2.75) is 126 Å². The van der Waals surface area contributed by atoms with Gasteiger partial charge in [-0.05, 0) is 198 Å². The SMILES string of the molecule is CC(C)S(=O)(=O)c1ccc(-c2cnc3[nH]cc(-c4ccc(OCCCN(C)C)nc4)c3n2)cc1.CC(C)S(=O)(=O)c1ccc(-c2cnc3[nH]cc(-c4cccc5[nH]ccc45)c3n2)cc1.CC(C)S(=O)(=O)c1ccc(-c2cnc3[nH]cc(-c4ccccc4O)c3n2)cc1.CC(C)S(=O)(=O)c1ccc(-c2cnc3[nH]cc(-c4ccncc4)c3n2)cc1.CC(C)S(=O)(=O)c1ccc(-c2cnc3[nH]cc(-c4cnc(N)nc4)c3n2)cc1. The maximum absolute atomic E-state index is 12.4. The highest BCUT2D eigenvalue weighted by Crippen LogP contribution is 2.40. The number of rotatable bonds is 25. The number of nitrogens with zero attached hydrogens (tertiary/aromatic N) is 15. The number of aromatic nitrogens is 20. The van der Waals surface area contributed by atoms with Gasteiger partial charge in [0.1, 0.15) is 33.3 Å². The standard InChI is InChI=1S/C25H29N5O3S.C23H20N4O2S.C21H19N3O3S.C20H18N4O2S.C19H18N6O2S/c1-17(2)34(31,32)20-9-6-18(7-10-20)22-16-28-25-24(29-22)21(15-27-25)19-8-11-23(26-14-19)33-13-5-12-30(3)4;1-14(2)30(28,29)16-8-6-15(7-9-16)21-13-26-23-22(27-21)19(12-25-23)17-4-3-5-20-18(17)10-11-24-20;1-13(2)28(26,27)15-9-7-14(8-10-15)18-12-23-21-20(24-18)17(11-22-21)16-5-3-4-6-19(16)25;1-13(2)27(25,26)16-5-3-15(4-6-16)18-12-23-20-19(24-18)17(11-22-20)14-7-9-21-10-8-14;1-11(2)28(26,27)14-5-3-12(4-6-14)16-10-22-18-17(25-16)15(9-21-18)13-7-23-19(20)24-8-13/h6-11,14-17H,5,12-13H2,1-4H3,(H,27,28);3-14,24H,1-2H3,(H,25,26);3-13,25H,1-2H3,(H,22,23);3-13H,1-2H3,(H,22,23);3-11H,1-2H3,(H,21,22)(H2,20,23,24). The minimum Gasteiger partial charge on any atom is -0.507 e. The van der Waals surface area contributed by atoms with Crippen LogP contribution >= 0.6 is 0 Å². The zero-order valence-corrected chi connectivity index (χ0v) is 86.1. The summed E-state index contributed by atoms with van der Waals surface area (Å²) < 4.78 is 129. The number of phenolic OH excluding ortho intramolecular Hbond substituents is 1. The number of hydrogen-bond donors (Lipinski definition) is 8. The lowest BCUT2D eigenvalue weighted by Crippen LogP contribution is -2.15. The Labute approximate surface area is 848 Å². The number of anilines is 1. The van der Waals surface area contributed by atoms with Crippen molar-refractivity contribution in [3.63, 3.8) is 0 Å². The van der Waals surface area contributed by atoms with E-state index in [1.807, 2.05) is 87.4 Å². The van der Waals surface area contributed by atoms with Crippen LogP contribution in [0.3, 0.4) is 0 Å². The number of H-pyrrole nitrogens is 6. The van der Waals surface area contributed by atoms with Gasteiger partial charge in [0, 0.05) is 164 Å². The highest BCUT2D eigenvalue weighted by molar-refractivity contribution is 7.93. The van der Waals surface area contributed by atoms with E-state index in [1.54, 1.807) is 277 Å². The summed E-state index contributed by atoms with van der Waals surface area (Å²) in [5.41, 5.74) is 29.5. The third-order valence-corrected chi connectivity index (χ3v) is 35.4. The Balaban J connectivity index is 0.000000126. The number of sulfone groups is 5. The summed E-state index contributed by atoms with van der Waals surface area (Å²) in [7, 11) is -12.5. The van der Waals surface area contributed by atoms with Gasteiger partial charge in [0.15, 0.2) is 77.4 Å². The summed E-state index contributed by atoms with van der Waals surface area (Å²) in [5, 5.41) is 8.94. The Morgan fingerprint density at radius 2 is 0.626 bits per heavy atom. The summed E-state index contributed by atoms with van der Waals surface area (Å²) in [5.74, 6) is 0.955. The second kappa shape index (κ2) is 42.9. The monoisotopic (exact) mass is 2060 g/mol. The van der Waals surface area contributed by atoms with Crippen LogP contribution in [0.4, 0.5) is 5.95 Å². The quantitative estimate of drug-likeness (QED) is 0.0246. The van der Waals surface area contributed by atoms with Crippen LogP contribution in [0.25, 0.3) is 179 Å². The Morgan fingerprint density at radius 1 is 0.313 bits per heavy atom. The summed E-state index contributed by atoms with van der Waals surface area (Å²) in [6.07, 6.45) is 28.9. The maximum Gasteiger partial charge on any atom is 0.219 e. The van der Waals surface area contributed by atoms with Crippen LogP contribution in [0.1, 0.15) is 75.7 Å². The summed E-state index contributed by atoms with van der Waals surface area (Å²) in [6.45, 7) is 18.3. The Bertz CT molecular complexity index is 8960. The number of nitrogens with two attached hydrogens (primary N) is 1. The highest BCUT2D eigenvalue weighted by Gasteiger charge is 2.27. The van der Waals surface area contributed by atoms with Gasteiger partial charge in [-0.15, -0.1) is 0 Å². The molecule has 7 aromatic carbocycles. The predicted octanol–water partition coefficient (Wildman–Crippen LogP) is 20.0. The Hall–Kier alpha value is -16.3. The van der Waals surface area contributed by atoms with Crippen molar-refractivity contribution < 1.29 is 51.9 Å². The number of aromatic amines is 6. The number of fused-ring (bicyclic) bond motifs is 6. The van der Waals surface area contributed by atoms with Crippen LogP contribution < -0.4 is 10.5 Å². The van der Waals surface area contributed by atoms with Crippen molar-refractivity contribution in [2.75, 3.05) is 33.0 Å². The van der Waals surface area contributed by atoms with E-state index in [0.29, 0.717) is 105 Å². The maximum atomic E-state index is 12.4. The number of para-hydroxylation sites is 1. The van der Waals surface area contributed by atoms with E-state index < -0.39 is 75.4 Å². The van der Waals surface area contributed by atoms with Crippen LogP contribution in [0.5, 0.6) is 11.6 Å². The molecule has 147 heavy (non-hydrogen) atoms. The minimum atomic E-state index is -3.32. The van der Waals surface area contributed by atoms with Gasteiger partial charge < -0.3 is 50.4 Å². The molecule has 39 heteroatoms. The number of ether oxygens (including phenoxy) is 1. The van der Waals surface area contributed by atoms with E-state index in [9.17, 15) is 47.2 Å². The van der Waals surface area contributed by atoms with Gasteiger partial charge in [-0.3, -0.25) is 4.98 Å². The van der Waals surface area contributed by atoms with Crippen LogP contribution in [0, 0.1) is 0 Å². The zero-order valence-electron chi connectivity index (χ0n) is 82.0. The molecule has 21 rings (SSSR count). The number of benzene rings is 7. The summed E-state index contributed by atoms with van der Waals surface area (Å²) in [6, 6.07) is 56.6. The van der Waals surface area contributed by atoms with E-state index in [4.69, 9.17) is 35.4 Å². The summed E-state index contributed by atoms with van der Waals surface area (Å²) in [4.78, 5) is 85.1. The first-order chi connectivity index (χ1) is 70.4. The van der Waals surface area contributed by atoms with Gasteiger partial charge in [0.05, 0.1) is 117 Å². The zero-order chi connectivity index (χ0) is 104. The molecule has 0 amide bonds. The lowest BCUT2D eigenvalue weighted by molar-refractivity contribution is 0.273. The van der Waals surface area contributed by atoms with Gasteiger partial charge in [-0.25, -0.2) is 107 Å². The molecule has 0 aliphatic heterocycles. The molecular formula is C108H104N22O12S5. The van der Waals surface area contributed by atoms with Gasteiger partial charge in [-0.1, -0.05) is 91.0 Å². The molecule has 34 nitrogen and oxygen atoms in total. The smallest absolute Gasteiger partial charge is 0.219 e. The first-order valence-corrected chi connectivity index (χ1v) is 54.6. The van der Waals surface area contributed by atoms with Crippen LogP contribution in [-0.4, -0.2) is 205 Å². The van der Waals surface area contributed by atoms with Crippen molar-refractivity contribution in [3.05, 3.63) is 293 Å². The molecule has 0 unspecified atom stereocenters. The number of aromatic hydroxyl groups is 1. The molecule has 0 saturated carbocycles. The fourth-order valence-electron chi connectivity index (χ4n) is 15.9. The minimum absolute atomic E-state index is 0.166. The van der Waals surface area contributed by atoms with Crippen molar-refractivity contribution in [1.82, 2.24) is 105 Å². The number of pyridine rings is 2. The van der Waals surface area contributed by atoms with Crippen molar-refractivity contribution >= 4 is 122 Å². The average molecular weight is 2060 g/mol. The third kappa shape index (κ3) is 22.0. The Morgan fingerprint density at radius 3 is 0.966 bits per heavy atom. The average Bonchev–Trinajstić information content (AvgIpc) is 1.63. The van der Waals surface area contributed by atoms with Crippen molar-refractivity contribution in [2.24, 2.45) is 0 Å². The molecule has 21 aromatic rings. The summed E-state index contributed by atoms with van der Waals surface area (Å²) >= 11 is 0. The number of nitrogen functional groups attached to an aromatic ring is 1. The fraction of sp³-hybridized carbons (Fsp3) is 0.185. The highest BCUT2D eigenvalue weighted by atomic mass is 32.2. The van der Waals surface area contributed by atoms with E-state index >= 15 is 0 Å². The first-order valence-electron chi connectivity index (χ1n) is 46.9. The molecule has 0 fully saturated rings. The van der Waals surface area contributed by atoms with E-state index in [1.165, 1.54) is 0 Å². The van der Waals surface area contributed by atoms with Gasteiger partial charge >= 0.3 is 0 Å². The van der Waals surface area contributed by atoms with E-state index in [2.05, 4.69) is 91.8 Å². The second-order valence-electron chi connectivity index (χ2n) is 36.1. The molecule has 0 aliphatic rings. The normalized spacial score (nSPS) is 12.0. The molecular weight excluding hydrogens is 1960 g/mol. The van der Waals surface area contributed by atoms with Gasteiger partial charge in [-0.2, -0.15) is 0 Å². The number of nitrogens with one attached hydrogen (secondary N) is 6. The largest absolute Gasteiger partial charge is 0.507 e. The van der Waals surface area contributed by atoms with Crippen molar-refractivity contribution in [3.8, 4) is 124 Å². The molecule has 0 radical (unpaired) electrons. The predicted molar refractivity (Wildman–Crippen MR) is 573 cm³/mol. The van der Waals surface area contributed by atoms with Crippen molar-refractivity contribution in [1.29, 1.82) is 0 Å². The topological polar surface area (TPSA) is 505 Å². The molecule has 14 aromatic heterocycles. The van der Waals surface area contributed by atoms with Crippen LogP contribution in [0.2, 0.25) is 0 Å². The third-order valence-electron chi connectivity index (χ3n) is 24.5. The van der Waals surface area contributed by atoms with Crippen LogP contribution in [0.15, 0.2) is 318 Å². The van der Waals surface area contributed by atoms with Gasteiger partial charge in [0.2, 0.25) is 11.8 Å². The molecule has 748 valence electrons. The van der Waals surface area contributed by atoms with Crippen LogP contribution in [-0.2, 0) is 49.2 Å². The molecule has 0 aliphatic carbocycles. The van der Waals surface area contributed by atoms with E-state index in [-0.39, 0.29) is 16.6 Å². The number of hydrogen-bond acceptors (Lipinski definition) is 28. The molecule has 9 N–H and O–H groups in total. The molecule has 0 spiro atoms.